The van der Waals surface area contributed by atoms with Crippen LogP contribution in [0.5, 0.6) is 0 Å². The normalized spacial score (nSPS) is 11.3. The van der Waals surface area contributed by atoms with E-state index in [0.717, 1.165) is 33.1 Å². The van der Waals surface area contributed by atoms with Gasteiger partial charge in [-0.1, -0.05) is 66.4 Å². The van der Waals surface area contributed by atoms with Crippen molar-refractivity contribution in [2.45, 2.75) is 12.1 Å². The van der Waals surface area contributed by atoms with Crippen molar-refractivity contribution in [3.05, 3.63) is 78.4 Å². The molecular weight excluding hydrogens is 382 g/mol. The van der Waals surface area contributed by atoms with Gasteiger partial charge in [0.1, 0.15) is 0 Å². The molecule has 0 radical (unpaired) electrons. The van der Waals surface area contributed by atoms with Crippen LogP contribution in [0.2, 0.25) is 0 Å². The highest BCUT2D eigenvalue weighted by Gasteiger charge is 2.18. The summed E-state index contributed by atoms with van der Waals surface area (Å²) in [4.78, 5) is 13.2. The van der Waals surface area contributed by atoms with Crippen molar-refractivity contribution in [3.8, 4) is 5.69 Å². The molecule has 0 aliphatic heterocycles. The summed E-state index contributed by atoms with van der Waals surface area (Å²) in [7, 11) is 0. The average molecular weight is 399 g/mol. The van der Waals surface area contributed by atoms with E-state index in [-0.39, 0.29) is 11.7 Å². The first kappa shape index (κ1) is 17.6. The van der Waals surface area contributed by atoms with Crippen LogP contribution in [0, 0.1) is 6.92 Å². The van der Waals surface area contributed by atoms with Crippen LogP contribution in [0.3, 0.4) is 0 Å². The Balaban J connectivity index is 1.49. The van der Waals surface area contributed by atoms with Gasteiger partial charge in [-0.15, -0.1) is 5.10 Å². The van der Waals surface area contributed by atoms with E-state index in [2.05, 4.69) is 15.5 Å². The maximum Gasteiger partial charge on any atom is 0.242 e. The van der Waals surface area contributed by atoms with E-state index in [1.807, 2.05) is 79.7 Å². The van der Waals surface area contributed by atoms with Crippen LogP contribution >= 0.6 is 11.8 Å². The minimum Gasteiger partial charge on any atom is -0.279 e. The predicted octanol–water partition coefficient (Wildman–Crippen LogP) is 4.51. The molecule has 0 fully saturated rings. The summed E-state index contributed by atoms with van der Waals surface area (Å²) >= 11 is 1.34. The Kier molecular flexibility index (Phi) is 4.37. The molecule has 0 aliphatic rings. The molecule has 3 aromatic carbocycles. The first-order valence-electron chi connectivity index (χ1n) is 9.22. The number of aromatic nitrogens is 5. The lowest BCUT2D eigenvalue weighted by Crippen LogP contribution is -2.13. The number of thioether (sulfide) groups is 1. The van der Waals surface area contributed by atoms with Crippen LogP contribution in [0.25, 0.3) is 27.5 Å². The van der Waals surface area contributed by atoms with Crippen molar-refractivity contribution in [1.29, 1.82) is 0 Å². The van der Waals surface area contributed by atoms with E-state index in [0.29, 0.717) is 5.16 Å². The first-order chi connectivity index (χ1) is 14.2. The Morgan fingerprint density at radius 2 is 1.52 bits per heavy atom. The smallest absolute Gasteiger partial charge is 0.242 e. The zero-order chi connectivity index (χ0) is 19.8. The third-order valence-electron chi connectivity index (χ3n) is 4.94. The Bertz CT molecular complexity index is 1300. The van der Waals surface area contributed by atoms with E-state index >= 15 is 0 Å². The molecule has 0 unspecified atom stereocenters. The Morgan fingerprint density at radius 1 is 0.897 bits per heavy atom. The number of para-hydroxylation sites is 3. The third kappa shape index (κ3) is 3.00. The molecule has 2 heterocycles. The standard InChI is InChI=1S/C22H17N5OS/c1-15-8-2-5-11-18(15)27-22(23-24-25-27)29-14-21(28)26-19-12-6-3-9-16(19)17-10-4-7-13-20(17)26/h2-13H,14H2,1H3. The number of benzene rings is 3. The quantitative estimate of drug-likeness (QED) is 0.416. The number of hydrogen-bond donors (Lipinski definition) is 0. The molecule has 0 N–H and O–H groups in total. The number of carbonyl (C=O) groups excluding carboxylic acids is 1. The Labute approximate surface area is 171 Å². The number of carbonyl (C=O) groups is 1. The van der Waals surface area contributed by atoms with Crippen LogP contribution in [0.15, 0.2) is 78.0 Å². The highest BCUT2D eigenvalue weighted by Crippen LogP contribution is 2.29. The van der Waals surface area contributed by atoms with Crippen molar-refractivity contribution >= 4 is 39.5 Å². The minimum absolute atomic E-state index is 0.00765. The van der Waals surface area contributed by atoms with Crippen LogP contribution in [0.4, 0.5) is 0 Å². The Hall–Kier alpha value is -3.45. The molecular formula is C22H17N5OS. The number of hydrogen-bond acceptors (Lipinski definition) is 5. The van der Waals surface area contributed by atoms with Gasteiger partial charge < -0.3 is 0 Å². The van der Waals surface area contributed by atoms with Crippen molar-refractivity contribution in [1.82, 2.24) is 24.8 Å². The number of nitrogens with zero attached hydrogens (tertiary/aromatic N) is 5. The Morgan fingerprint density at radius 3 is 2.21 bits per heavy atom. The van der Waals surface area contributed by atoms with E-state index in [9.17, 15) is 4.79 Å². The second kappa shape index (κ2) is 7.18. The fourth-order valence-electron chi connectivity index (χ4n) is 3.60. The van der Waals surface area contributed by atoms with Crippen LogP contribution in [0.1, 0.15) is 10.4 Å². The molecule has 0 amide bonds. The molecule has 5 rings (SSSR count). The second-order valence-electron chi connectivity index (χ2n) is 6.71. The van der Waals surface area contributed by atoms with E-state index in [4.69, 9.17) is 0 Å². The maximum absolute atomic E-state index is 13.2. The van der Waals surface area contributed by atoms with E-state index < -0.39 is 0 Å². The van der Waals surface area contributed by atoms with Gasteiger partial charge in [0.15, 0.2) is 0 Å². The largest absolute Gasteiger partial charge is 0.279 e. The monoisotopic (exact) mass is 399 g/mol. The fraction of sp³-hybridized carbons (Fsp3) is 0.0909. The number of tetrazole rings is 1. The van der Waals surface area contributed by atoms with Crippen molar-refractivity contribution in [2.24, 2.45) is 0 Å². The molecule has 0 atom stereocenters. The van der Waals surface area contributed by atoms with Gasteiger partial charge in [0.05, 0.1) is 22.5 Å². The first-order valence-corrected chi connectivity index (χ1v) is 10.2. The van der Waals surface area contributed by atoms with Gasteiger partial charge in [-0.05, 0) is 41.1 Å². The lowest BCUT2D eigenvalue weighted by Gasteiger charge is -2.08. The topological polar surface area (TPSA) is 65.6 Å². The lowest BCUT2D eigenvalue weighted by atomic mass is 10.2. The molecule has 0 saturated carbocycles. The highest BCUT2D eigenvalue weighted by atomic mass is 32.2. The van der Waals surface area contributed by atoms with Gasteiger partial charge in [-0.3, -0.25) is 9.36 Å². The third-order valence-corrected chi connectivity index (χ3v) is 5.84. The van der Waals surface area contributed by atoms with Gasteiger partial charge in [-0.2, -0.15) is 4.68 Å². The van der Waals surface area contributed by atoms with Crippen LogP contribution < -0.4 is 0 Å². The highest BCUT2D eigenvalue weighted by molar-refractivity contribution is 7.99. The fourth-order valence-corrected chi connectivity index (χ4v) is 4.34. The molecule has 0 aliphatic carbocycles. The summed E-state index contributed by atoms with van der Waals surface area (Å²) in [6, 6.07) is 23.9. The van der Waals surface area contributed by atoms with Crippen molar-refractivity contribution in [2.75, 3.05) is 5.75 Å². The predicted molar refractivity (Wildman–Crippen MR) is 115 cm³/mol. The van der Waals surface area contributed by atoms with Gasteiger partial charge in [0.25, 0.3) is 0 Å². The molecule has 29 heavy (non-hydrogen) atoms. The zero-order valence-electron chi connectivity index (χ0n) is 15.7. The minimum atomic E-state index is -0.00765. The van der Waals surface area contributed by atoms with Gasteiger partial charge in [0, 0.05) is 10.8 Å². The number of aryl methyl sites for hydroxylation is 1. The van der Waals surface area contributed by atoms with E-state index in [1.165, 1.54) is 11.8 Å². The summed E-state index contributed by atoms with van der Waals surface area (Å²) in [5.74, 6) is 0.223. The zero-order valence-corrected chi connectivity index (χ0v) is 16.5. The molecule has 0 saturated heterocycles. The van der Waals surface area contributed by atoms with E-state index in [1.54, 1.807) is 9.25 Å². The summed E-state index contributed by atoms with van der Waals surface area (Å²) in [6.07, 6.45) is 0. The summed E-state index contributed by atoms with van der Waals surface area (Å²) in [5, 5.41) is 14.8. The van der Waals surface area contributed by atoms with Crippen LogP contribution in [-0.2, 0) is 0 Å². The van der Waals surface area contributed by atoms with Gasteiger partial charge in [-0.25, -0.2) is 0 Å². The van der Waals surface area contributed by atoms with Gasteiger partial charge >= 0.3 is 0 Å². The average Bonchev–Trinajstić information content (AvgIpc) is 3.35. The lowest BCUT2D eigenvalue weighted by molar-refractivity contribution is 0.0951. The van der Waals surface area contributed by atoms with Gasteiger partial charge in [0.2, 0.25) is 11.1 Å². The number of fused-ring (bicyclic) bond motifs is 3. The number of rotatable bonds is 4. The molecule has 0 bridgehead atoms. The van der Waals surface area contributed by atoms with Crippen LogP contribution in [-0.4, -0.2) is 36.4 Å². The second-order valence-corrected chi connectivity index (χ2v) is 7.65. The molecule has 5 aromatic rings. The van der Waals surface area contributed by atoms with Crippen molar-refractivity contribution in [3.63, 3.8) is 0 Å². The molecule has 2 aromatic heterocycles. The molecule has 6 nitrogen and oxygen atoms in total. The summed E-state index contributed by atoms with van der Waals surface area (Å²) in [6.45, 7) is 2.01. The molecule has 7 heteroatoms. The van der Waals surface area contributed by atoms with Crippen molar-refractivity contribution < 1.29 is 4.79 Å². The SMILES string of the molecule is Cc1ccccc1-n1nnnc1SCC(=O)n1c2ccccc2c2ccccc21. The molecule has 0 spiro atoms. The summed E-state index contributed by atoms with van der Waals surface area (Å²) in [5.41, 5.74) is 3.80. The molecule has 142 valence electrons. The summed E-state index contributed by atoms with van der Waals surface area (Å²) < 4.78 is 3.47. The maximum atomic E-state index is 13.2.